The lowest BCUT2D eigenvalue weighted by molar-refractivity contribution is -0.113. The Labute approximate surface area is 177 Å². The second-order valence-electron chi connectivity index (χ2n) is 6.29. The van der Waals surface area contributed by atoms with Crippen LogP contribution in [-0.2, 0) is 11.3 Å². The van der Waals surface area contributed by atoms with E-state index in [2.05, 4.69) is 25.5 Å². The molecular weight excluding hydrogens is 427 g/mol. The van der Waals surface area contributed by atoms with Crippen LogP contribution < -0.4 is 5.32 Å². The molecule has 0 aliphatic rings. The second kappa shape index (κ2) is 7.84. The van der Waals surface area contributed by atoms with Gasteiger partial charge in [0.05, 0.1) is 33.3 Å². The molecule has 3 aromatic heterocycles. The average Bonchev–Trinajstić information content (AvgIpc) is 3.45. The largest absolute Gasteiger partial charge is 0.414 e. The predicted molar refractivity (Wildman–Crippen MR) is 112 cm³/mol. The van der Waals surface area contributed by atoms with Crippen LogP contribution in [-0.4, -0.2) is 36.4 Å². The van der Waals surface area contributed by atoms with Crippen molar-refractivity contribution in [2.75, 3.05) is 11.1 Å². The third kappa shape index (κ3) is 3.89. The minimum Gasteiger partial charge on any atom is -0.414 e. The number of anilines is 1. The predicted octanol–water partition coefficient (Wildman–Crippen LogP) is 3.95. The van der Waals surface area contributed by atoms with Gasteiger partial charge in [0.15, 0.2) is 5.13 Å². The van der Waals surface area contributed by atoms with Crippen molar-refractivity contribution in [1.29, 1.82) is 0 Å². The van der Waals surface area contributed by atoms with Crippen LogP contribution in [0.15, 0.2) is 58.4 Å². The fourth-order valence-electron chi connectivity index (χ4n) is 2.88. The summed E-state index contributed by atoms with van der Waals surface area (Å²) in [7, 11) is 0. The van der Waals surface area contributed by atoms with Gasteiger partial charge in [0, 0.05) is 0 Å². The summed E-state index contributed by atoms with van der Waals surface area (Å²) in [6.45, 7) is 0.391. The van der Waals surface area contributed by atoms with E-state index < -0.39 is 0 Å². The first-order valence-electron chi connectivity index (χ1n) is 8.85. The summed E-state index contributed by atoms with van der Waals surface area (Å²) in [5, 5.41) is 11.4. The summed E-state index contributed by atoms with van der Waals surface area (Å²) in [5.74, 6) is -0.0930. The van der Waals surface area contributed by atoms with Gasteiger partial charge in [-0.2, -0.15) is 0 Å². The number of nitrogens with one attached hydrogen (secondary N) is 1. The van der Waals surface area contributed by atoms with Crippen LogP contribution in [0.1, 0.15) is 5.89 Å². The molecule has 1 amide bonds. The van der Waals surface area contributed by atoms with E-state index in [1.807, 2.05) is 28.8 Å². The van der Waals surface area contributed by atoms with Crippen LogP contribution >= 0.6 is 23.1 Å². The smallest absolute Gasteiger partial charge is 0.277 e. The number of thioether (sulfide) groups is 1. The second-order valence-corrected chi connectivity index (χ2v) is 8.25. The van der Waals surface area contributed by atoms with Gasteiger partial charge < -0.3 is 14.3 Å². The van der Waals surface area contributed by atoms with Crippen LogP contribution in [0, 0.1) is 5.82 Å². The van der Waals surface area contributed by atoms with E-state index in [1.165, 1.54) is 23.5 Å². The third-order valence-electron chi connectivity index (χ3n) is 4.20. The lowest BCUT2D eigenvalue weighted by atomic mass is 10.3. The number of rotatable bonds is 6. The minimum absolute atomic E-state index is 0.0833. The summed E-state index contributed by atoms with van der Waals surface area (Å²) < 4.78 is 21.5. The van der Waals surface area contributed by atoms with E-state index in [0.29, 0.717) is 33.0 Å². The van der Waals surface area contributed by atoms with Gasteiger partial charge in [-0.25, -0.2) is 14.4 Å². The lowest BCUT2D eigenvalue weighted by Crippen LogP contribution is -2.13. The van der Waals surface area contributed by atoms with Crippen molar-refractivity contribution < 1.29 is 13.6 Å². The molecule has 0 aliphatic heterocycles. The molecule has 0 saturated carbocycles. The lowest BCUT2D eigenvalue weighted by Gasteiger charge is -2.00. The Balaban J connectivity index is 1.19. The number of carbonyl (C=O) groups is 1. The maximum absolute atomic E-state index is 13.3. The number of imidazole rings is 1. The van der Waals surface area contributed by atoms with Crippen molar-refractivity contribution in [2.24, 2.45) is 0 Å². The van der Waals surface area contributed by atoms with Gasteiger partial charge in [-0.3, -0.25) is 4.79 Å². The van der Waals surface area contributed by atoms with Gasteiger partial charge in [0.1, 0.15) is 12.4 Å². The van der Waals surface area contributed by atoms with E-state index in [9.17, 15) is 9.18 Å². The highest BCUT2D eigenvalue weighted by Crippen LogP contribution is 2.27. The quantitative estimate of drug-likeness (QED) is 0.399. The van der Waals surface area contributed by atoms with Crippen molar-refractivity contribution >= 4 is 55.4 Å². The minimum atomic E-state index is -0.338. The zero-order valence-corrected chi connectivity index (χ0v) is 16.9. The normalized spacial score (nSPS) is 11.4. The molecule has 3 heterocycles. The fraction of sp³-hybridized carbons (Fsp3) is 0.105. The summed E-state index contributed by atoms with van der Waals surface area (Å²) in [4.78, 5) is 20.8. The van der Waals surface area contributed by atoms with E-state index in [1.54, 1.807) is 12.4 Å². The van der Waals surface area contributed by atoms with E-state index in [4.69, 9.17) is 4.42 Å². The Kier molecular flexibility index (Phi) is 4.89. The van der Waals surface area contributed by atoms with Crippen molar-refractivity contribution in [2.45, 2.75) is 11.8 Å². The van der Waals surface area contributed by atoms with Gasteiger partial charge in [0.25, 0.3) is 5.22 Å². The first-order valence-corrected chi connectivity index (χ1v) is 10.7. The van der Waals surface area contributed by atoms with Crippen molar-refractivity contribution in [3.05, 3.63) is 60.5 Å². The number of aromatic nitrogens is 5. The molecule has 0 fully saturated rings. The number of benzene rings is 2. The molecule has 0 bridgehead atoms. The number of hydrogen-bond acceptors (Lipinski definition) is 8. The Morgan fingerprint density at radius 2 is 2.10 bits per heavy atom. The van der Waals surface area contributed by atoms with E-state index >= 15 is 0 Å². The number of thiazole rings is 1. The summed E-state index contributed by atoms with van der Waals surface area (Å²) in [5.41, 5.74) is 2.50. The number of carbonyl (C=O) groups excluding carboxylic acids is 1. The highest BCUT2D eigenvalue weighted by atomic mass is 32.2. The summed E-state index contributed by atoms with van der Waals surface area (Å²) in [6.07, 6.45) is 1.72. The molecule has 0 aliphatic carbocycles. The molecule has 0 saturated heterocycles. The molecule has 0 unspecified atom stereocenters. The first kappa shape index (κ1) is 18.7. The standard InChI is InChI=1S/C19H13FN6O2S2/c20-11-5-6-13-15(7-11)30-18(22-13)23-16(27)9-29-19-25-24-17(28-19)8-26-10-21-12-3-1-2-4-14(12)26/h1-7,10H,8-9H2,(H,22,23,27). The number of fused-ring (bicyclic) bond motifs is 2. The Hall–Kier alpha value is -3.31. The Morgan fingerprint density at radius 3 is 3.03 bits per heavy atom. The van der Waals surface area contributed by atoms with Crippen LogP contribution in [0.5, 0.6) is 0 Å². The van der Waals surface area contributed by atoms with Gasteiger partial charge in [-0.05, 0) is 30.3 Å². The highest BCUT2D eigenvalue weighted by molar-refractivity contribution is 7.99. The number of hydrogen-bond donors (Lipinski definition) is 1. The first-order chi connectivity index (χ1) is 14.6. The number of halogens is 1. The van der Waals surface area contributed by atoms with Gasteiger partial charge >= 0.3 is 0 Å². The number of amides is 1. The molecule has 2 aromatic carbocycles. The third-order valence-corrected chi connectivity index (χ3v) is 5.96. The highest BCUT2D eigenvalue weighted by Gasteiger charge is 2.13. The molecule has 0 radical (unpaired) electrons. The number of nitrogens with zero attached hydrogens (tertiary/aromatic N) is 5. The van der Waals surface area contributed by atoms with E-state index in [-0.39, 0.29) is 17.5 Å². The Bertz CT molecular complexity index is 1360. The summed E-state index contributed by atoms with van der Waals surface area (Å²) >= 11 is 2.35. The molecule has 1 N–H and O–H groups in total. The van der Waals surface area contributed by atoms with Crippen LogP contribution in [0.4, 0.5) is 9.52 Å². The molecule has 5 rings (SSSR count). The van der Waals surface area contributed by atoms with Gasteiger partial charge in [-0.1, -0.05) is 35.2 Å². The number of para-hydroxylation sites is 2. The maximum atomic E-state index is 13.3. The molecule has 8 nitrogen and oxygen atoms in total. The molecule has 30 heavy (non-hydrogen) atoms. The molecule has 11 heteroatoms. The molecule has 5 aromatic rings. The molecule has 150 valence electrons. The Morgan fingerprint density at radius 1 is 1.20 bits per heavy atom. The monoisotopic (exact) mass is 440 g/mol. The molecule has 0 atom stereocenters. The van der Waals surface area contributed by atoms with Crippen LogP contribution in [0.3, 0.4) is 0 Å². The summed E-state index contributed by atoms with van der Waals surface area (Å²) in [6, 6.07) is 12.1. The maximum Gasteiger partial charge on any atom is 0.277 e. The zero-order valence-electron chi connectivity index (χ0n) is 15.3. The molecule has 0 spiro atoms. The van der Waals surface area contributed by atoms with Crippen LogP contribution in [0.25, 0.3) is 21.3 Å². The van der Waals surface area contributed by atoms with Gasteiger partial charge in [-0.15, -0.1) is 10.2 Å². The molecular formula is C19H13FN6O2S2. The van der Waals surface area contributed by atoms with Crippen LogP contribution in [0.2, 0.25) is 0 Å². The topological polar surface area (TPSA) is 98.7 Å². The zero-order chi connectivity index (χ0) is 20.5. The van der Waals surface area contributed by atoms with E-state index in [0.717, 1.165) is 22.8 Å². The van der Waals surface area contributed by atoms with Crippen molar-refractivity contribution in [1.82, 2.24) is 24.7 Å². The van der Waals surface area contributed by atoms with Crippen molar-refractivity contribution in [3.63, 3.8) is 0 Å². The SMILES string of the molecule is O=C(CSc1nnc(Cn2cnc3ccccc32)o1)Nc1nc2ccc(F)cc2s1. The van der Waals surface area contributed by atoms with Gasteiger partial charge in [0.2, 0.25) is 11.8 Å². The fourth-order valence-corrected chi connectivity index (χ4v) is 4.36. The van der Waals surface area contributed by atoms with Crippen molar-refractivity contribution in [3.8, 4) is 0 Å². The average molecular weight is 440 g/mol.